The molecular formula is C25H34O13. The molecule has 0 radical (unpaired) electrons. The monoisotopic (exact) mass is 542 g/mol. The number of esters is 1. The number of ether oxygens (including phenoxy) is 5. The Kier molecular flexibility index (Phi) is 10.5. The topological polar surface area (TPSA) is 205 Å². The zero-order valence-corrected chi connectivity index (χ0v) is 20.9. The lowest BCUT2D eigenvalue weighted by Gasteiger charge is -2.42. The van der Waals surface area contributed by atoms with E-state index in [-0.39, 0.29) is 30.1 Å². The van der Waals surface area contributed by atoms with Crippen molar-refractivity contribution in [2.75, 3.05) is 20.3 Å². The Bertz CT molecular complexity index is 1010. The van der Waals surface area contributed by atoms with Crippen LogP contribution in [0.4, 0.5) is 0 Å². The fourth-order valence-electron chi connectivity index (χ4n) is 4.27. The number of methoxy groups -OCH3 is 1. The van der Waals surface area contributed by atoms with Gasteiger partial charge in [-0.1, -0.05) is 12.1 Å². The molecule has 0 spiro atoms. The van der Waals surface area contributed by atoms with Crippen molar-refractivity contribution in [3.8, 4) is 11.5 Å². The molecule has 1 saturated heterocycles. The van der Waals surface area contributed by atoms with Crippen molar-refractivity contribution in [2.24, 2.45) is 5.92 Å². The van der Waals surface area contributed by atoms with Gasteiger partial charge in [-0.05, 0) is 31.0 Å². The molecule has 0 amide bonds. The van der Waals surface area contributed by atoms with Crippen molar-refractivity contribution in [1.82, 2.24) is 0 Å². The Morgan fingerprint density at radius 2 is 1.87 bits per heavy atom. The number of phenolic OH excluding ortho intramolecular Hbond substituents is 2. The molecule has 0 aromatic heterocycles. The summed E-state index contributed by atoms with van der Waals surface area (Å²) < 4.78 is 27.0. The molecule has 7 N–H and O–H groups in total. The normalized spacial score (nSPS) is 31.4. The number of rotatable bonds is 10. The van der Waals surface area contributed by atoms with Gasteiger partial charge in [0.2, 0.25) is 6.29 Å². The molecule has 0 bridgehead atoms. The van der Waals surface area contributed by atoms with Crippen LogP contribution >= 0.6 is 0 Å². The van der Waals surface area contributed by atoms with Gasteiger partial charge in [-0.3, -0.25) is 0 Å². The average molecular weight is 543 g/mol. The van der Waals surface area contributed by atoms with Crippen LogP contribution in [-0.4, -0.2) is 105 Å². The van der Waals surface area contributed by atoms with Gasteiger partial charge >= 0.3 is 5.97 Å². The van der Waals surface area contributed by atoms with E-state index in [0.717, 1.165) is 6.26 Å². The van der Waals surface area contributed by atoms with Crippen molar-refractivity contribution in [2.45, 2.75) is 63.1 Å². The van der Waals surface area contributed by atoms with E-state index in [1.54, 1.807) is 19.1 Å². The van der Waals surface area contributed by atoms with Gasteiger partial charge in [0.15, 0.2) is 24.1 Å². The SMILES string of the molecule is CC=C1[C@H](O[C@@H]2O[C@H](CO)[C@@H](O)[C@H](O)[C@H]2O)OC=C(C(=O)OC)[C@H]1CC(O)OCCc1ccc(O)c(O)c1. The zero-order chi connectivity index (χ0) is 28.0. The van der Waals surface area contributed by atoms with E-state index < -0.39 is 61.8 Å². The molecule has 1 unspecified atom stereocenters. The third-order valence-electron chi connectivity index (χ3n) is 6.41. The minimum atomic E-state index is -1.67. The van der Waals surface area contributed by atoms with Crippen molar-refractivity contribution < 1.29 is 64.2 Å². The largest absolute Gasteiger partial charge is 0.504 e. The summed E-state index contributed by atoms with van der Waals surface area (Å²) in [5.41, 5.74) is 1.09. The van der Waals surface area contributed by atoms with E-state index in [4.69, 9.17) is 23.7 Å². The molecule has 8 atom stereocenters. The lowest BCUT2D eigenvalue weighted by Crippen LogP contribution is -2.60. The lowest BCUT2D eigenvalue weighted by molar-refractivity contribution is -0.328. The van der Waals surface area contributed by atoms with Gasteiger partial charge < -0.3 is 59.4 Å². The lowest BCUT2D eigenvalue weighted by atomic mass is 9.86. The minimum absolute atomic E-state index is 0.0574. The number of allylic oxidation sites excluding steroid dienone is 1. The standard InChI is InChI=1S/C25H34O13/c1-3-13-14(9-19(29)35-7-6-12-4-5-16(27)17(28)8-12)15(23(33)34-2)11-36-24(13)38-25-22(32)21(31)20(30)18(10-26)37-25/h3-5,8,11,14,18-22,24-32H,6-7,9-10H2,1-2H3/t14-,18+,19?,20+,21-,22+,24-,25-/m0/s1. The fourth-order valence-corrected chi connectivity index (χ4v) is 4.27. The molecule has 38 heavy (non-hydrogen) atoms. The number of carbonyl (C=O) groups excluding carboxylic acids is 1. The van der Waals surface area contributed by atoms with E-state index in [1.807, 2.05) is 0 Å². The van der Waals surface area contributed by atoms with Gasteiger partial charge in [-0.25, -0.2) is 4.79 Å². The number of aromatic hydroxyl groups is 2. The second-order valence-electron chi connectivity index (χ2n) is 8.84. The van der Waals surface area contributed by atoms with Crippen molar-refractivity contribution in [1.29, 1.82) is 0 Å². The summed E-state index contributed by atoms with van der Waals surface area (Å²) in [5.74, 6) is -2.05. The van der Waals surface area contributed by atoms with E-state index in [2.05, 4.69) is 0 Å². The maximum absolute atomic E-state index is 12.4. The molecule has 2 aliphatic rings. The smallest absolute Gasteiger partial charge is 0.337 e. The van der Waals surface area contributed by atoms with Crippen LogP contribution in [-0.2, 0) is 34.9 Å². The van der Waals surface area contributed by atoms with Crippen LogP contribution < -0.4 is 0 Å². The van der Waals surface area contributed by atoms with Crippen LogP contribution in [0, 0.1) is 5.92 Å². The summed E-state index contributed by atoms with van der Waals surface area (Å²) >= 11 is 0. The molecule has 0 aliphatic carbocycles. The maximum atomic E-state index is 12.4. The molecule has 3 rings (SSSR count). The van der Waals surface area contributed by atoms with Gasteiger partial charge in [0, 0.05) is 17.9 Å². The molecule has 1 aromatic rings. The third kappa shape index (κ3) is 6.81. The highest BCUT2D eigenvalue weighted by Crippen LogP contribution is 2.37. The Morgan fingerprint density at radius 1 is 1.13 bits per heavy atom. The number of hydrogen-bond donors (Lipinski definition) is 7. The Hall–Kier alpha value is -2.75. The molecule has 0 saturated carbocycles. The van der Waals surface area contributed by atoms with Gasteiger partial charge in [0.25, 0.3) is 0 Å². The number of aliphatic hydroxyl groups excluding tert-OH is 5. The van der Waals surface area contributed by atoms with Crippen LogP contribution in [0.15, 0.2) is 41.7 Å². The molecule has 212 valence electrons. The second-order valence-corrected chi connectivity index (χ2v) is 8.84. The second kappa shape index (κ2) is 13.4. The molecule has 13 nitrogen and oxygen atoms in total. The van der Waals surface area contributed by atoms with Gasteiger partial charge in [0.05, 0.1) is 32.2 Å². The first-order valence-corrected chi connectivity index (χ1v) is 12.0. The van der Waals surface area contributed by atoms with Crippen LogP contribution in [0.1, 0.15) is 18.9 Å². The Morgan fingerprint density at radius 3 is 2.50 bits per heavy atom. The quantitative estimate of drug-likeness (QED) is 0.0834. The molecule has 13 heteroatoms. The number of benzene rings is 1. The maximum Gasteiger partial charge on any atom is 0.337 e. The van der Waals surface area contributed by atoms with Gasteiger partial charge in [-0.2, -0.15) is 0 Å². The van der Waals surface area contributed by atoms with Crippen LogP contribution in [0.5, 0.6) is 11.5 Å². The summed E-state index contributed by atoms with van der Waals surface area (Å²) in [6.07, 6.45) is -7.28. The predicted octanol–water partition coefficient (Wildman–Crippen LogP) is -0.842. The van der Waals surface area contributed by atoms with Crippen LogP contribution in [0.3, 0.4) is 0 Å². The summed E-state index contributed by atoms with van der Waals surface area (Å²) in [4.78, 5) is 12.4. The minimum Gasteiger partial charge on any atom is -0.504 e. The van der Waals surface area contributed by atoms with Crippen LogP contribution in [0.25, 0.3) is 0 Å². The molecule has 1 fully saturated rings. The Balaban J connectivity index is 1.70. The summed E-state index contributed by atoms with van der Waals surface area (Å²) in [5, 5.41) is 69.4. The number of aliphatic hydroxyl groups is 5. The predicted molar refractivity (Wildman–Crippen MR) is 127 cm³/mol. The first kappa shape index (κ1) is 29.8. The van der Waals surface area contributed by atoms with E-state index in [1.165, 1.54) is 19.2 Å². The highest BCUT2D eigenvalue weighted by Gasteiger charge is 2.46. The van der Waals surface area contributed by atoms with Crippen molar-refractivity contribution in [3.63, 3.8) is 0 Å². The number of carbonyl (C=O) groups is 1. The van der Waals surface area contributed by atoms with Gasteiger partial charge in [0.1, 0.15) is 24.4 Å². The molecule has 2 aliphatic heterocycles. The van der Waals surface area contributed by atoms with Crippen molar-refractivity contribution in [3.05, 3.63) is 47.2 Å². The van der Waals surface area contributed by atoms with E-state index in [0.29, 0.717) is 17.6 Å². The first-order valence-electron chi connectivity index (χ1n) is 12.0. The molecule has 1 aromatic carbocycles. The van der Waals surface area contributed by atoms with E-state index >= 15 is 0 Å². The molecule has 2 heterocycles. The summed E-state index contributed by atoms with van der Waals surface area (Å²) in [6, 6.07) is 4.31. The summed E-state index contributed by atoms with van der Waals surface area (Å²) in [6.45, 7) is 1.05. The fraction of sp³-hybridized carbons (Fsp3) is 0.560. The number of hydrogen-bond acceptors (Lipinski definition) is 13. The van der Waals surface area contributed by atoms with Gasteiger partial charge in [-0.15, -0.1) is 0 Å². The summed E-state index contributed by atoms with van der Waals surface area (Å²) in [7, 11) is 1.19. The average Bonchev–Trinajstić information content (AvgIpc) is 2.90. The Labute approximate surface area is 218 Å². The van der Waals surface area contributed by atoms with Crippen molar-refractivity contribution >= 4 is 5.97 Å². The highest BCUT2D eigenvalue weighted by molar-refractivity contribution is 5.89. The van der Waals surface area contributed by atoms with Crippen LogP contribution in [0.2, 0.25) is 0 Å². The number of phenols is 2. The molecular weight excluding hydrogens is 508 g/mol. The zero-order valence-electron chi connectivity index (χ0n) is 20.9. The van der Waals surface area contributed by atoms with E-state index in [9.17, 15) is 40.5 Å². The first-order chi connectivity index (χ1) is 18.1. The third-order valence-corrected chi connectivity index (χ3v) is 6.41. The highest BCUT2D eigenvalue weighted by atomic mass is 16.8.